The summed E-state index contributed by atoms with van der Waals surface area (Å²) in [5.41, 5.74) is 0. The molecule has 1 fully saturated rings. The molecule has 2 unspecified atom stereocenters. The molecule has 1 aromatic rings. The predicted molar refractivity (Wildman–Crippen MR) is 86.9 cm³/mol. The highest BCUT2D eigenvalue weighted by Gasteiger charge is 2.24. The number of rotatable bonds is 6. The number of hydrogen-bond acceptors (Lipinski definition) is 4. The van der Waals surface area contributed by atoms with Gasteiger partial charge in [-0.2, -0.15) is 11.8 Å². The summed E-state index contributed by atoms with van der Waals surface area (Å²) in [7, 11) is 0. The summed E-state index contributed by atoms with van der Waals surface area (Å²) in [6.07, 6.45) is 5.84. The highest BCUT2D eigenvalue weighted by atomic mass is 79.9. The Kier molecular flexibility index (Phi) is 5.95. The van der Waals surface area contributed by atoms with Crippen molar-refractivity contribution in [3.05, 3.63) is 16.5 Å². The Morgan fingerprint density at radius 1 is 1.37 bits per heavy atom. The molecule has 1 aliphatic carbocycles. The molecule has 1 aliphatic rings. The van der Waals surface area contributed by atoms with Crippen LogP contribution in [-0.2, 0) is 6.42 Å². The third kappa shape index (κ3) is 4.63. The number of halogens is 1. The van der Waals surface area contributed by atoms with Gasteiger partial charge in [-0.1, -0.05) is 13.8 Å². The van der Waals surface area contributed by atoms with Crippen LogP contribution < -0.4 is 5.32 Å². The third-order valence-corrected chi connectivity index (χ3v) is 4.99. The molecule has 0 bridgehead atoms. The molecule has 106 valence electrons. The summed E-state index contributed by atoms with van der Waals surface area (Å²) in [5.74, 6) is 3.12. The van der Waals surface area contributed by atoms with Gasteiger partial charge in [0, 0.05) is 23.8 Å². The van der Waals surface area contributed by atoms with Crippen LogP contribution in [-0.4, -0.2) is 27.0 Å². The first kappa shape index (κ1) is 15.1. The van der Waals surface area contributed by atoms with Crippen LogP contribution in [0.3, 0.4) is 0 Å². The van der Waals surface area contributed by atoms with Crippen LogP contribution in [0, 0.1) is 0 Å². The molecule has 0 aromatic carbocycles. The lowest BCUT2D eigenvalue weighted by atomic mass is 10.2. The van der Waals surface area contributed by atoms with E-state index in [1.165, 1.54) is 25.0 Å². The first-order valence-corrected chi connectivity index (χ1v) is 8.97. The van der Waals surface area contributed by atoms with Crippen molar-refractivity contribution >= 4 is 33.5 Å². The van der Waals surface area contributed by atoms with E-state index in [0.717, 1.165) is 34.3 Å². The molecule has 3 nitrogen and oxygen atoms in total. The Balaban J connectivity index is 1.95. The highest BCUT2D eigenvalue weighted by Crippen LogP contribution is 2.31. The second kappa shape index (κ2) is 7.48. The summed E-state index contributed by atoms with van der Waals surface area (Å²) in [5, 5.41) is 4.40. The zero-order valence-corrected chi connectivity index (χ0v) is 14.1. The van der Waals surface area contributed by atoms with Crippen LogP contribution in [0.25, 0.3) is 0 Å². The van der Waals surface area contributed by atoms with Crippen LogP contribution in [0.5, 0.6) is 0 Å². The Labute approximate surface area is 128 Å². The molecule has 0 radical (unpaired) electrons. The maximum atomic E-state index is 4.60. The van der Waals surface area contributed by atoms with Gasteiger partial charge in [-0.15, -0.1) is 0 Å². The van der Waals surface area contributed by atoms with Crippen molar-refractivity contribution in [3.63, 3.8) is 0 Å². The molecule has 0 saturated heterocycles. The minimum atomic E-state index is 0.570. The number of nitrogens with one attached hydrogen (secondary N) is 1. The van der Waals surface area contributed by atoms with E-state index in [1.54, 1.807) is 0 Å². The van der Waals surface area contributed by atoms with E-state index < -0.39 is 0 Å². The van der Waals surface area contributed by atoms with Crippen molar-refractivity contribution in [2.45, 2.75) is 57.2 Å². The quantitative estimate of drug-likeness (QED) is 0.782. The molecule has 0 amide bonds. The molecule has 1 heterocycles. The monoisotopic (exact) mass is 343 g/mol. The van der Waals surface area contributed by atoms with Crippen LogP contribution in [0.2, 0.25) is 0 Å². The van der Waals surface area contributed by atoms with Crippen molar-refractivity contribution in [1.29, 1.82) is 0 Å². The van der Waals surface area contributed by atoms with Crippen molar-refractivity contribution < 1.29 is 0 Å². The average molecular weight is 344 g/mol. The SMILES string of the molecule is CCCc1nc(Br)cc(NC2CCC(SCC)C2)n1. The standard InChI is InChI=1S/C14H22BrN3S/c1-3-5-13-17-12(15)9-14(18-13)16-10-6-7-11(8-10)19-4-2/h9-11H,3-8H2,1-2H3,(H,16,17,18). The maximum Gasteiger partial charge on any atom is 0.132 e. The fraction of sp³-hybridized carbons (Fsp3) is 0.714. The van der Waals surface area contributed by atoms with Crippen molar-refractivity contribution in [2.24, 2.45) is 0 Å². The molecular formula is C14H22BrN3S. The zero-order chi connectivity index (χ0) is 13.7. The van der Waals surface area contributed by atoms with Crippen LogP contribution in [0.4, 0.5) is 5.82 Å². The maximum absolute atomic E-state index is 4.60. The van der Waals surface area contributed by atoms with Crippen molar-refractivity contribution in [2.75, 3.05) is 11.1 Å². The smallest absolute Gasteiger partial charge is 0.132 e. The van der Waals surface area contributed by atoms with Gasteiger partial charge in [0.05, 0.1) is 0 Å². The normalized spacial score (nSPS) is 22.7. The van der Waals surface area contributed by atoms with Crippen LogP contribution in [0.15, 0.2) is 10.7 Å². The van der Waals surface area contributed by atoms with Gasteiger partial charge >= 0.3 is 0 Å². The van der Waals surface area contributed by atoms with Gasteiger partial charge in [0.15, 0.2) is 0 Å². The molecular weight excluding hydrogens is 322 g/mol. The minimum absolute atomic E-state index is 0.570. The lowest BCUT2D eigenvalue weighted by Gasteiger charge is -2.14. The Morgan fingerprint density at radius 2 is 2.21 bits per heavy atom. The summed E-state index contributed by atoms with van der Waals surface area (Å²) in [4.78, 5) is 9.00. The summed E-state index contributed by atoms with van der Waals surface area (Å²) in [6.45, 7) is 4.39. The second-order valence-electron chi connectivity index (χ2n) is 4.97. The molecule has 1 saturated carbocycles. The van der Waals surface area contributed by atoms with E-state index in [1.807, 2.05) is 6.07 Å². The van der Waals surface area contributed by atoms with Crippen molar-refractivity contribution in [1.82, 2.24) is 9.97 Å². The van der Waals surface area contributed by atoms with E-state index >= 15 is 0 Å². The fourth-order valence-electron chi connectivity index (χ4n) is 2.54. The van der Waals surface area contributed by atoms with Gasteiger partial charge in [-0.3, -0.25) is 0 Å². The molecule has 5 heteroatoms. The predicted octanol–water partition coefficient (Wildman–Crippen LogP) is 4.28. The first-order valence-electron chi connectivity index (χ1n) is 7.12. The largest absolute Gasteiger partial charge is 0.367 e. The van der Waals surface area contributed by atoms with Gasteiger partial charge in [0.25, 0.3) is 0 Å². The zero-order valence-electron chi connectivity index (χ0n) is 11.7. The Bertz CT molecular complexity index is 414. The third-order valence-electron chi connectivity index (χ3n) is 3.35. The Morgan fingerprint density at radius 3 is 2.95 bits per heavy atom. The number of thioether (sulfide) groups is 1. The van der Waals surface area contributed by atoms with Gasteiger partial charge in [0.2, 0.25) is 0 Å². The first-order chi connectivity index (χ1) is 9.21. The number of anilines is 1. The van der Waals surface area contributed by atoms with Crippen LogP contribution >= 0.6 is 27.7 Å². The number of aromatic nitrogens is 2. The van der Waals surface area contributed by atoms with Gasteiger partial charge < -0.3 is 5.32 Å². The highest BCUT2D eigenvalue weighted by molar-refractivity contribution is 9.10. The number of nitrogens with zero attached hydrogens (tertiary/aromatic N) is 2. The molecule has 2 rings (SSSR count). The van der Waals surface area contributed by atoms with Gasteiger partial charge in [-0.25, -0.2) is 9.97 Å². The van der Waals surface area contributed by atoms with Gasteiger partial charge in [-0.05, 0) is 47.4 Å². The molecule has 2 atom stereocenters. The molecule has 19 heavy (non-hydrogen) atoms. The average Bonchev–Trinajstić information content (AvgIpc) is 2.76. The van der Waals surface area contributed by atoms with Gasteiger partial charge in [0.1, 0.15) is 16.2 Å². The summed E-state index contributed by atoms with van der Waals surface area (Å²) in [6, 6.07) is 2.56. The number of aryl methyl sites for hydroxylation is 1. The summed E-state index contributed by atoms with van der Waals surface area (Å²) >= 11 is 5.56. The summed E-state index contributed by atoms with van der Waals surface area (Å²) < 4.78 is 0.880. The van der Waals surface area contributed by atoms with Crippen LogP contribution in [0.1, 0.15) is 45.4 Å². The van der Waals surface area contributed by atoms with E-state index in [0.29, 0.717) is 6.04 Å². The van der Waals surface area contributed by atoms with E-state index in [-0.39, 0.29) is 0 Å². The Hall–Kier alpha value is -0.290. The minimum Gasteiger partial charge on any atom is -0.367 e. The molecule has 0 spiro atoms. The topological polar surface area (TPSA) is 37.8 Å². The van der Waals surface area contributed by atoms with E-state index in [2.05, 4.69) is 56.8 Å². The number of hydrogen-bond donors (Lipinski definition) is 1. The molecule has 1 N–H and O–H groups in total. The van der Waals surface area contributed by atoms with E-state index in [4.69, 9.17) is 0 Å². The lowest BCUT2D eigenvalue weighted by Crippen LogP contribution is -2.17. The van der Waals surface area contributed by atoms with E-state index in [9.17, 15) is 0 Å². The molecule has 0 aliphatic heterocycles. The fourth-order valence-corrected chi connectivity index (χ4v) is 4.11. The molecule has 1 aromatic heterocycles. The second-order valence-corrected chi connectivity index (χ2v) is 7.36. The van der Waals surface area contributed by atoms with Crippen molar-refractivity contribution in [3.8, 4) is 0 Å². The lowest BCUT2D eigenvalue weighted by molar-refractivity contribution is 0.744.